The van der Waals surface area contributed by atoms with Crippen LogP contribution in [0.15, 0.2) is 36.7 Å². The molecule has 0 aliphatic rings. The van der Waals surface area contributed by atoms with Crippen LogP contribution in [0, 0.1) is 15.9 Å². The van der Waals surface area contributed by atoms with Gasteiger partial charge in [-0.2, -0.15) is 0 Å². The Morgan fingerprint density at radius 1 is 0.935 bits per heavy atom. The molecule has 3 rings (SSSR count). The first-order valence-corrected chi connectivity index (χ1v) is 10.7. The minimum absolute atomic E-state index is 0.393. The highest BCUT2D eigenvalue weighted by Gasteiger charge is 2.16. The Morgan fingerprint density at radius 2 is 1.61 bits per heavy atom. The molecule has 0 spiro atoms. The number of halogens is 1. The third-order valence-electron chi connectivity index (χ3n) is 4.52. The molecule has 7 nitrogen and oxygen atoms in total. The molecule has 0 saturated heterocycles. The third kappa shape index (κ3) is 5.76. The van der Waals surface area contributed by atoms with Gasteiger partial charge in [0.05, 0.1) is 18.7 Å². The van der Waals surface area contributed by atoms with Crippen molar-refractivity contribution < 1.29 is 18.9 Å². The molecule has 0 bridgehead atoms. The van der Waals surface area contributed by atoms with Gasteiger partial charge in [-0.15, -0.1) is 6.42 Å². The number of hydrogen-bond donors (Lipinski definition) is 0. The lowest BCUT2D eigenvalue weighted by molar-refractivity contribution is 0.132. The zero-order valence-corrected chi connectivity index (χ0v) is 19.9. The number of rotatable bonds is 10. The summed E-state index contributed by atoms with van der Waals surface area (Å²) in [6.45, 7) is 1.73. The second-order valence-corrected chi connectivity index (χ2v) is 7.84. The zero-order chi connectivity index (χ0) is 22.2. The maximum atomic E-state index is 5.92. The molecule has 1 heterocycles. The van der Waals surface area contributed by atoms with Gasteiger partial charge in [-0.25, -0.2) is 9.97 Å². The van der Waals surface area contributed by atoms with E-state index in [1.54, 1.807) is 14.2 Å². The minimum Gasteiger partial charge on any atom is -0.487 e. The van der Waals surface area contributed by atoms with Crippen LogP contribution in [-0.2, 0) is 9.47 Å². The second-order valence-electron chi connectivity index (χ2n) is 6.60. The monoisotopic (exact) mass is 533 g/mol. The van der Waals surface area contributed by atoms with Crippen LogP contribution in [0.1, 0.15) is 5.56 Å². The summed E-state index contributed by atoms with van der Waals surface area (Å²) >= 11 is 2.26. The Hall–Kier alpha value is -2.61. The van der Waals surface area contributed by atoms with Crippen LogP contribution in [-0.4, -0.2) is 57.7 Å². The standard InChI is InChI=1S/C23H24IN3O4/c1-5-16-10-17(24)12-18(11-16)27(2)23-19-13-21(30-8-6-28-3)22(31-9-7-29-4)14-20(19)25-15-26-23/h1,10-15H,6-9H2,2-4H3. The van der Waals surface area contributed by atoms with Gasteiger partial charge < -0.3 is 23.8 Å². The molecule has 8 heteroatoms. The summed E-state index contributed by atoms with van der Waals surface area (Å²) in [5, 5.41) is 0.831. The molecular weight excluding hydrogens is 509 g/mol. The van der Waals surface area contributed by atoms with Gasteiger partial charge in [-0.3, -0.25) is 0 Å². The fourth-order valence-electron chi connectivity index (χ4n) is 2.99. The van der Waals surface area contributed by atoms with Gasteiger partial charge in [0.25, 0.3) is 0 Å². The van der Waals surface area contributed by atoms with E-state index in [0.717, 1.165) is 31.5 Å². The van der Waals surface area contributed by atoms with Crippen LogP contribution in [0.5, 0.6) is 11.5 Å². The molecule has 0 amide bonds. The molecule has 0 atom stereocenters. The molecule has 162 valence electrons. The van der Waals surface area contributed by atoms with Crippen LogP contribution in [0.4, 0.5) is 11.5 Å². The predicted octanol–water partition coefficient (Wildman–Crippen LogP) is 4.03. The number of aromatic nitrogens is 2. The van der Waals surface area contributed by atoms with Gasteiger partial charge in [0.1, 0.15) is 25.4 Å². The quantitative estimate of drug-likeness (QED) is 0.222. The maximum absolute atomic E-state index is 5.92. The number of hydrogen-bond acceptors (Lipinski definition) is 7. The molecular formula is C23H24IN3O4. The first kappa shape index (κ1) is 23.1. The van der Waals surface area contributed by atoms with E-state index in [2.05, 4.69) is 38.5 Å². The fraction of sp³-hybridized carbons (Fsp3) is 0.304. The van der Waals surface area contributed by atoms with E-state index < -0.39 is 0 Å². The topological polar surface area (TPSA) is 65.9 Å². The molecule has 0 aliphatic heterocycles. The van der Waals surface area contributed by atoms with E-state index in [0.29, 0.717) is 37.9 Å². The summed E-state index contributed by atoms with van der Waals surface area (Å²) in [5.74, 6) is 4.62. The molecule has 0 radical (unpaired) electrons. The zero-order valence-electron chi connectivity index (χ0n) is 17.7. The summed E-state index contributed by atoms with van der Waals surface area (Å²) in [6, 6.07) is 9.71. The van der Waals surface area contributed by atoms with Crippen molar-refractivity contribution in [2.24, 2.45) is 0 Å². The largest absolute Gasteiger partial charge is 0.487 e. The van der Waals surface area contributed by atoms with Crippen molar-refractivity contribution in [1.82, 2.24) is 9.97 Å². The molecule has 0 unspecified atom stereocenters. The van der Waals surface area contributed by atoms with Gasteiger partial charge in [-0.05, 0) is 46.9 Å². The number of fused-ring (bicyclic) bond motifs is 1. The van der Waals surface area contributed by atoms with E-state index >= 15 is 0 Å². The maximum Gasteiger partial charge on any atom is 0.163 e. The summed E-state index contributed by atoms with van der Waals surface area (Å²) < 4.78 is 23.0. The van der Waals surface area contributed by atoms with E-state index in [9.17, 15) is 0 Å². The lowest BCUT2D eigenvalue weighted by Gasteiger charge is -2.21. The number of nitrogens with zero attached hydrogens (tertiary/aromatic N) is 3. The molecule has 3 aromatic rings. The van der Waals surface area contributed by atoms with E-state index in [4.69, 9.17) is 25.4 Å². The van der Waals surface area contributed by atoms with Crippen molar-refractivity contribution >= 4 is 45.0 Å². The second kappa shape index (κ2) is 11.1. The Labute approximate surface area is 195 Å². The van der Waals surface area contributed by atoms with Crippen molar-refractivity contribution in [3.8, 4) is 23.8 Å². The SMILES string of the molecule is C#Cc1cc(I)cc(N(C)c2ncnc3cc(OCCOC)c(OCCOC)cc23)c1. The Bertz CT molecular complexity index is 1080. The van der Waals surface area contributed by atoms with Crippen LogP contribution in [0.25, 0.3) is 10.9 Å². The third-order valence-corrected chi connectivity index (χ3v) is 5.15. The van der Waals surface area contributed by atoms with Gasteiger partial charge in [0.15, 0.2) is 11.5 Å². The lowest BCUT2D eigenvalue weighted by Crippen LogP contribution is -2.13. The Balaban J connectivity index is 2.05. The van der Waals surface area contributed by atoms with Crippen molar-refractivity contribution in [3.63, 3.8) is 0 Å². The smallest absolute Gasteiger partial charge is 0.163 e. The van der Waals surface area contributed by atoms with Crippen LogP contribution in [0.3, 0.4) is 0 Å². The van der Waals surface area contributed by atoms with Crippen LogP contribution in [0.2, 0.25) is 0 Å². The molecule has 0 N–H and O–H groups in total. The van der Waals surface area contributed by atoms with Crippen molar-refractivity contribution in [1.29, 1.82) is 0 Å². The van der Waals surface area contributed by atoms with Gasteiger partial charge in [0, 0.05) is 47.5 Å². The Kier molecular flexibility index (Phi) is 8.28. The summed E-state index contributed by atoms with van der Waals surface area (Å²) in [7, 11) is 5.21. The molecule has 31 heavy (non-hydrogen) atoms. The summed E-state index contributed by atoms with van der Waals surface area (Å²) in [6.07, 6.45) is 7.15. The lowest BCUT2D eigenvalue weighted by atomic mass is 10.1. The van der Waals surface area contributed by atoms with Gasteiger partial charge in [0.2, 0.25) is 0 Å². The van der Waals surface area contributed by atoms with E-state index in [1.165, 1.54) is 6.33 Å². The molecule has 2 aromatic carbocycles. The highest BCUT2D eigenvalue weighted by molar-refractivity contribution is 14.1. The summed E-state index contributed by atoms with van der Waals surface area (Å²) in [4.78, 5) is 10.9. The van der Waals surface area contributed by atoms with Gasteiger partial charge in [-0.1, -0.05) is 5.92 Å². The predicted molar refractivity (Wildman–Crippen MR) is 129 cm³/mol. The molecule has 0 aliphatic carbocycles. The molecule has 1 aromatic heterocycles. The minimum atomic E-state index is 0.393. The number of terminal acetylenes is 1. The molecule has 0 fully saturated rings. The average Bonchev–Trinajstić information content (AvgIpc) is 2.78. The van der Waals surface area contributed by atoms with E-state index in [1.807, 2.05) is 42.3 Å². The Morgan fingerprint density at radius 3 is 2.26 bits per heavy atom. The van der Waals surface area contributed by atoms with Crippen molar-refractivity contribution in [2.75, 3.05) is 52.6 Å². The first-order valence-electron chi connectivity index (χ1n) is 9.60. The van der Waals surface area contributed by atoms with Crippen molar-refractivity contribution in [2.45, 2.75) is 0 Å². The number of benzene rings is 2. The fourth-order valence-corrected chi connectivity index (χ4v) is 3.64. The highest BCUT2D eigenvalue weighted by Crippen LogP contribution is 2.37. The number of ether oxygens (including phenoxy) is 4. The van der Waals surface area contributed by atoms with E-state index in [-0.39, 0.29) is 0 Å². The van der Waals surface area contributed by atoms with Crippen molar-refractivity contribution in [3.05, 3.63) is 45.8 Å². The molecule has 0 saturated carbocycles. The highest BCUT2D eigenvalue weighted by atomic mass is 127. The first-order chi connectivity index (χ1) is 15.1. The number of methoxy groups -OCH3 is 2. The normalized spacial score (nSPS) is 10.7. The average molecular weight is 533 g/mol. The summed E-state index contributed by atoms with van der Waals surface area (Å²) in [5.41, 5.74) is 2.48. The van der Waals surface area contributed by atoms with Crippen LogP contribution < -0.4 is 14.4 Å². The number of anilines is 2. The van der Waals surface area contributed by atoms with Crippen LogP contribution >= 0.6 is 22.6 Å². The van der Waals surface area contributed by atoms with Gasteiger partial charge >= 0.3 is 0 Å².